The predicted octanol–water partition coefficient (Wildman–Crippen LogP) is 5.21. The van der Waals surface area contributed by atoms with Crippen molar-refractivity contribution in [2.24, 2.45) is 0 Å². The van der Waals surface area contributed by atoms with E-state index in [1.54, 1.807) is 0 Å². The van der Waals surface area contributed by atoms with Crippen LogP contribution in [0.25, 0.3) is 22.3 Å². The Kier molecular flexibility index (Phi) is 3.48. The van der Waals surface area contributed by atoms with Crippen LogP contribution in [0.3, 0.4) is 0 Å². The molecule has 0 amide bonds. The number of aryl methyl sites for hydroxylation is 2. The zero-order valence-electron chi connectivity index (χ0n) is 13.9. The van der Waals surface area contributed by atoms with Crippen LogP contribution in [-0.2, 0) is 5.41 Å². The van der Waals surface area contributed by atoms with Crippen molar-refractivity contribution in [1.82, 2.24) is 9.97 Å². The minimum Gasteiger partial charge on any atom is -0.254 e. The van der Waals surface area contributed by atoms with E-state index in [0.29, 0.717) is 0 Å². The Morgan fingerprint density at radius 1 is 0.909 bits per heavy atom. The van der Waals surface area contributed by atoms with Crippen molar-refractivity contribution in [2.75, 3.05) is 0 Å². The molecule has 112 valence electrons. The van der Waals surface area contributed by atoms with Crippen LogP contribution >= 0.6 is 0 Å². The number of fused-ring (bicyclic) bond motifs is 1. The number of benzene rings is 1. The fraction of sp³-hybridized carbons (Fsp3) is 0.300. The lowest BCUT2D eigenvalue weighted by Crippen LogP contribution is -2.10. The Bertz CT molecular complexity index is 842. The molecule has 0 spiro atoms. The first kappa shape index (κ1) is 14.7. The standard InChI is InChI=1S/C20H22N2/c1-13-10-14(2)19(21-12-13)18-8-6-15-11-16(20(3,4)5)7-9-17(15)22-18/h6-12H,1-5H3. The summed E-state index contributed by atoms with van der Waals surface area (Å²) in [4.78, 5) is 9.35. The van der Waals surface area contributed by atoms with Crippen LogP contribution in [0.5, 0.6) is 0 Å². The Balaban J connectivity index is 2.11. The molecule has 3 aromatic rings. The predicted molar refractivity (Wildman–Crippen MR) is 93.1 cm³/mol. The lowest BCUT2D eigenvalue weighted by atomic mass is 9.86. The van der Waals surface area contributed by atoms with Gasteiger partial charge in [0.2, 0.25) is 0 Å². The first-order valence-corrected chi connectivity index (χ1v) is 7.69. The molecule has 2 heterocycles. The highest BCUT2D eigenvalue weighted by Gasteiger charge is 2.14. The molecular formula is C20H22N2. The quantitative estimate of drug-likeness (QED) is 0.614. The van der Waals surface area contributed by atoms with E-state index in [2.05, 4.69) is 76.0 Å². The number of rotatable bonds is 1. The van der Waals surface area contributed by atoms with E-state index in [1.807, 2.05) is 6.20 Å². The Morgan fingerprint density at radius 2 is 1.68 bits per heavy atom. The summed E-state index contributed by atoms with van der Waals surface area (Å²) >= 11 is 0. The minimum absolute atomic E-state index is 0.155. The number of aromatic nitrogens is 2. The maximum absolute atomic E-state index is 4.80. The highest BCUT2D eigenvalue weighted by Crippen LogP contribution is 2.27. The molecule has 0 aliphatic heterocycles. The summed E-state index contributed by atoms with van der Waals surface area (Å²) in [6.45, 7) is 10.8. The first-order chi connectivity index (χ1) is 10.3. The highest BCUT2D eigenvalue weighted by atomic mass is 14.8. The normalized spacial score (nSPS) is 11.9. The second-order valence-electron chi connectivity index (χ2n) is 7.03. The van der Waals surface area contributed by atoms with E-state index < -0.39 is 0 Å². The molecule has 2 nitrogen and oxygen atoms in total. The van der Waals surface area contributed by atoms with Gasteiger partial charge in [-0.2, -0.15) is 0 Å². The summed E-state index contributed by atoms with van der Waals surface area (Å²) in [6.07, 6.45) is 1.90. The largest absolute Gasteiger partial charge is 0.254 e. The van der Waals surface area contributed by atoms with Crippen molar-refractivity contribution >= 4 is 10.9 Å². The van der Waals surface area contributed by atoms with Crippen molar-refractivity contribution in [3.63, 3.8) is 0 Å². The van der Waals surface area contributed by atoms with Crippen LogP contribution in [0.1, 0.15) is 37.5 Å². The van der Waals surface area contributed by atoms with E-state index in [9.17, 15) is 0 Å². The Hall–Kier alpha value is -2.22. The van der Waals surface area contributed by atoms with Gasteiger partial charge in [0.1, 0.15) is 0 Å². The molecule has 1 aromatic carbocycles. The molecule has 2 heteroatoms. The van der Waals surface area contributed by atoms with Crippen LogP contribution in [-0.4, -0.2) is 9.97 Å². The summed E-state index contributed by atoms with van der Waals surface area (Å²) in [6, 6.07) is 12.9. The average molecular weight is 290 g/mol. The number of hydrogen-bond acceptors (Lipinski definition) is 2. The summed E-state index contributed by atoms with van der Waals surface area (Å²) < 4.78 is 0. The maximum Gasteiger partial charge on any atom is 0.0915 e. The lowest BCUT2D eigenvalue weighted by molar-refractivity contribution is 0.591. The van der Waals surface area contributed by atoms with Gasteiger partial charge in [0, 0.05) is 11.6 Å². The molecule has 0 aliphatic carbocycles. The molecule has 0 bridgehead atoms. The zero-order valence-corrected chi connectivity index (χ0v) is 13.9. The van der Waals surface area contributed by atoms with Gasteiger partial charge in [-0.15, -0.1) is 0 Å². The molecule has 0 fully saturated rings. The van der Waals surface area contributed by atoms with Crippen molar-refractivity contribution in [1.29, 1.82) is 0 Å². The maximum atomic E-state index is 4.80. The smallest absolute Gasteiger partial charge is 0.0915 e. The first-order valence-electron chi connectivity index (χ1n) is 7.69. The van der Waals surface area contributed by atoms with Crippen molar-refractivity contribution < 1.29 is 0 Å². The van der Waals surface area contributed by atoms with Gasteiger partial charge >= 0.3 is 0 Å². The third kappa shape index (κ3) is 2.74. The summed E-state index contributed by atoms with van der Waals surface area (Å²) in [5, 5.41) is 1.18. The van der Waals surface area contributed by atoms with E-state index in [1.165, 1.54) is 16.5 Å². The van der Waals surface area contributed by atoms with Crippen molar-refractivity contribution in [2.45, 2.75) is 40.0 Å². The van der Waals surface area contributed by atoms with Gasteiger partial charge in [-0.05, 0) is 54.2 Å². The molecule has 22 heavy (non-hydrogen) atoms. The van der Waals surface area contributed by atoms with Crippen LogP contribution in [0.15, 0.2) is 42.6 Å². The van der Waals surface area contributed by atoms with Crippen LogP contribution in [0.4, 0.5) is 0 Å². The van der Waals surface area contributed by atoms with Crippen molar-refractivity contribution in [3.05, 3.63) is 59.3 Å². The lowest BCUT2D eigenvalue weighted by Gasteiger charge is -2.19. The fourth-order valence-corrected chi connectivity index (χ4v) is 2.71. The number of nitrogens with zero attached hydrogens (tertiary/aromatic N) is 2. The fourth-order valence-electron chi connectivity index (χ4n) is 2.71. The Labute approximate surface area is 132 Å². The summed E-state index contributed by atoms with van der Waals surface area (Å²) in [7, 11) is 0. The molecule has 0 saturated heterocycles. The molecule has 0 N–H and O–H groups in total. The van der Waals surface area contributed by atoms with Gasteiger partial charge in [0.25, 0.3) is 0 Å². The van der Waals surface area contributed by atoms with E-state index >= 15 is 0 Å². The topological polar surface area (TPSA) is 25.8 Å². The summed E-state index contributed by atoms with van der Waals surface area (Å²) in [5.74, 6) is 0. The van der Waals surface area contributed by atoms with E-state index in [-0.39, 0.29) is 5.41 Å². The van der Waals surface area contributed by atoms with Gasteiger partial charge in [-0.3, -0.25) is 4.98 Å². The van der Waals surface area contributed by atoms with Gasteiger partial charge in [-0.1, -0.05) is 39.0 Å². The molecular weight excluding hydrogens is 268 g/mol. The van der Waals surface area contributed by atoms with E-state index in [4.69, 9.17) is 4.98 Å². The third-order valence-electron chi connectivity index (χ3n) is 4.01. The summed E-state index contributed by atoms with van der Waals surface area (Å²) in [5.41, 5.74) is 6.75. The second-order valence-corrected chi connectivity index (χ2v) is 7.03. The average Bonchev–Trinajstić information content (AvgIpc) is 2.45. The van der Waals surface area contributed by atoms with Crippen molar-refractivity contribution in [3.8, 4) is 11.4 Å². The third-order valence-corrected chi connectivity index (χ3v) is 4.01. The molecule has 0 aliphatic rings. The molecule has 2 aromatic heterocycles. The van der Waals surface area contributed by atoms with Gasteiger partial charge in [0.15, 0.2) is 0 Å². The molecule has 0 saturated carbocycles. The highest BCUT2D eigenvalue weighted by molar-refractivity contribution is 5.82. The number of pyridine rings is 2. The SMILES string of the molecule is Cc1cnc(-c2ccc3cc(C(C)(C)C)ccc3n2)c(C)c1. The molecule has 0 atom stereocenters. The second kappa shape index (κ2) is 5.20. The van der Waals surface area contributed by atoms with Gasteiger partial charge < -0.3 is 0 Å². The monoisotopic (exact) mass is 290 g/mol. The minimum atomic E-state index is 0.155. The van der Waals surface area contributed by atoms with Crippen LogP contribution in [0, 0.1) is 13.8 Å². The van der Waals surface area contributed by atoms with Gasteiger partial charge in [-0.25, -0.2) is 4.98 Å². The van der Waals surface area contributed by atoms with Crippen LogP contribution < -0.4 is 0 Å². The molecule has 0 unspecified atom stereocenters. The zero-order chi connectivity index (χ0) is 15.9. The Morgan fingerprint density at radius 3 is 2.36 bits per heavy atom. The van der Waals surface area contributed by atoms with Gasteiger partial charge in [0.05, 0.1) is 16.9 Å². The molecule has 0 radical (unpaired) electrons. The number of hydrogen-bond donors (Lipinski definition) is 0. The van der Waals surface area contributed by atoms with E-state index in [0.717, 1.165) is 22.5 Å². The van der Waals surface area contributed by atoms with Crippen LogP contribution in [0.2, 0.25) is 0 Å². The molecule has 3 rings (SSSR count).